The van der Waals surface area contributed by atoms with E-state index in [-0.39, 0.29) is 21.5 Å². The number of amides is 1. The van der Waals surface area contributed by atoms with Gasteiger partial charge in [0.15, 0.2) is 0 Å². The van der Waals surface area contributed by atoms with Gasteiger partial charge in [0, 0.05) is 28.2 Å². The molecule has 0 aliphatic carbocycles. The molecule has 0 spiro atoms. The van der Waals surface area contributed by atoms with Gasteiger partial charge in [0.05, 0.1) is 11.4 Å². The van der Waals surface area contributed by atoms with E-state index in [1.807, 2.05) is 37.3 Å². The van der Waals surface area contributed by atoms with Gasteiger partial charge >= 0.3 is 0 Å². The quantitative estimate of drug-likeness (QED) is 0.384. The van der Waals surface area contributed by atoms with Gasteiger partial charge in [0.1, 0.15) is 5.82 Å². The molecule has 9 heteroatoms. The van der Waals surface area contributed by atoms with Crippen LogP contribution in [-0.4, -0.2) is 31.2 Å². The number of hydrogen-bond acceptors (Lipinski definition) is 3. The molecule has 5 nitrogen and oxygen atoms in total. The van der Waals surface area contributed by atoms with Gasteiger partial charge in [-0.25, -0.2) is 12.8 Å². The van der Waals surface area contributed by atoms with Crippen LogP contribution in [0.25, 0.3) is 0 Å². The van der Waals surface area contributed by atoms with Crippen LogP contribution < -0.4 is 5.32 Å². The number of carbonyl (C=O) groups is 1. The maximum Gasteiger partial charge on any atom is 0.243 e. The molecule has 0 aliphatic rings. The van der Waals surface area contributed by atoms with Crippen LogP contribution in [0, 0.1) is 5.82 Å². The third-order valence-electron chi connectivity index (χ3n) is 5.28. The van der Waals surface area contributed by atoms with Crippen LogP contribution in [0.4, 0.5) is 4.39 Å². The van der Waals surface area contributed by atoms with Crippen molar-refractivity contribution in [1.29, 1.82) is 0 Å². The Bertz CT molecular complexity index is 1200. The normalized spacial score (nSPS) is 12.5. The van der Waals surface area contributed by atoms with E-state index in [1.165, 1.54) is 42.5 Å². The molecule has 1 N–H and O–H groups in total. The number of sulfonamides is 1. The monoisotopic (exact) mass is 522 g/mol. The highest BCUT2D eigenvalue weighted by atomic mass is 35.5. The molecule has 0 aromatic heterocycles. The van der Waals surface area contributed by atoms with Gasteiger partial charge in [-0.05, 0) is 61.7 Å². The van der Waals surface area contributed by atoms with Crippen LogP contribution in [-0.2, 0) is 27.8 Å². The molecule has 0 fully saturated rings. The summed E-state index contributed by atoms with van der Waals surface area (Å²) in [6, 6.07) is 19.3. The van der Waals surface area contributed by atoms with Crippen molar-refractivity contribution in [2.75, 3.05) is 6.54 Å². The van der Waals surface area contributed by atoms with E-state index in [9.17, 15) is 17.6 Å². The summed E-state index contributed by atoms with van der Waals surface area (Å²) in [6.45, 7) is 0.959. The third-order valence-corrected chi connectivity index (χ3v) is 7.70. The molecule has 1 atom stereocenters. The van der Waals surface area contributed by atoms with E-state index in [2.05, 4.69) is 5.32 Å². The van der Waals surface area contributed by atoms with Crippen LogP contribution >= 0.6 is 23.2 Å². The fourth-order valence-electron chi connectivity index (χ4n) is 3.42. The predicted molar refractivity (Wildman–Crippen MR) is 133 cm³/mol. The van der Waals surface area contributed by atoms with Gasteiger partial charge < -0.3 is 5.32 Å². The first-order valence-corrected chi connectivity index (χ1v) is 12.9. The van der Waals surface area contributed by atoms with E-state index in [0.717, 1.165) is 16.3 Å². The molecule has 3 rings (SSSR count). The minimum absolute atomic E-state index is 0.00775. The van der Waals surface area contributed by atoms with E-state index >= 15 is 0 Å². The molecule has 0 saturated heterocycles. The summed E-state index contributed by atoms with van der Waals surface area (Å²) in [7, 11) is -4.15. The first kappa shape index (κ1) is 26.2. The maximum absolute atomic E-state index is 14.4. The number of halogens is 3. The molecule has 34 heavy (non-hydrogen) atoms. The number of benzene rings is 3. The van der Waals surface area contributed by atoms with Crippen LogP contribution in [0.15, 0.2) is 77.7 Å². The molecule has 0 radical (unpaired) electrons. The largest absolute Gasteiger partial charge is 0.352 e. The van der Waals surface area contributed by atoms with E-state index in [1.54, 1.807) is 0 Å². The van der Waals surface area contributed by atoms with Crippen molar-refractivity contribution in [2.45, 2.75) is 37.2 Å². The summed E-state index contributed by atoms with van der Waals surface area (Å²) in [5.74, 6) is -1.15. The number of aryl methyl sites for hydroxylation is 1. The molecular formula is C25H25Cl2FN2O3S. The van der Waals surface area contributed by atoms with Gasteiger partial charge in [-0.2, -0.15) is 4.31 Å². The first-order valence-electron chi connectivity index (χ1n) is 10.7. The molecular weight excluding hydrogens is 498 g/mol. The van der Waals surface area contributed by atoms with Crippen molar-refractivity contribution in [3.05, 3.63) is 99.8 Å². The fourth-order valence-corrected chi connectivity index (χ4v) is 5.14. The van der Waals surface area contributed by atoms with Gasteiger partial charge in [-0.15, -0.1) is 0 Å². The number of rotatable bonds is 10. The summed E-state index contributed by atoms with van der Waals surface area (Å²) in [5, 5.41) is 3.28. The SMILES string of the molecule is C[C@H](CCc1ccccc1)NC(=O)CN(Cc1c(F)cccc1Cl)S(=O)(=O)c1ccc(Cl)cc1. The highest BCUT2D eigenvalue weighted by Gasteiger charge is 2.29. The standard InChI is InChI=1S/C25H25Cl2FN2O3S/c1-18(10-11-19-6-3-2-4-7-19)29-25(31)17-30(16-22-23(27)8-5-9-24(22)28)34(32,33)21-14-12-20(26)13-15-21/h2-9,12-15,18H,10-11,16-17H2,1H3,(H,29,31)/t18-/m1/s1. The van der Waals surface area contributed by atoms with Crippen molar-refractivity contribution in [2.24, 2.45) is 0 Å². The fraction of sp³-hybridized carbons (Fsp3) is 0.240. The van der Waals surface area contributed by atoms with Gasteiger partial charge in [-0.3, -0.25) is 4.79 Å². The average molecular weight is 523 g/mol. The molecule has 180 valence electrons. The van der Waals surface area contributed by atoms with E-state index in [0.29, 0.717) is 11.4 Å². The molecule has 3 aromatic carbocycles. The lowest BCUT2D eigenvalue weighted by Crippen LogP contribution is -2.43. The lowest BCUT2D eigenvalue weighted by atomic mass is 10.1. The summed E-state index contributed by atoms with van der Waals surface area (Å²) in [5.41, 5.74) is 1.14. The Balaban J connectivity index is 1.77. The molecule has 0 unspecified atom stereocenters. The summed E-state index contributed by atoms with van der Waals surface area (Å²) >= 11 is 12.0. The molecule has 0 aliphatic heterocycles. The second kappa shape index (κ2) is 11.8. The zero-order chi connectivity index (χ0) is 24.7. The number of nitrogens with zero attached hydrogens (tertiary/aromatic N) is 1. The van der Waals surface area contributed by atoms with Gasteiger partial charge in [0.25, 0.3) is 0 Å². The minimum atomic E-state index is -4.15. The Morgan fingerprint density at radius 2 is 1.68 bits per heavy atom. The summed E-state index contributed by atoms with van der Waals surface area (Å²) in [4.78, 5) is 12.7. The summed E-state index contributed by atoms with van der Waals surface area (Å²) in [6.07, 6.45) is 1.44. The van der Waals surface area contributed by atoms with Crippen LogP contribution in [0.2, 0.25) is 10.0 Å². The molecule has 1 amide bonds. The van der Waals surface area contributed by atoms with Crippen molar-refractivity contribution in [1.82, 2.24) is 9.62 Å². The van der Waals surface area contributed by atoms with E-state index < -0.39 is 34.8 Å². The molecule has 0 bridgehead atoms. The Labute approximate surface area is 209 Å². The van der Waals surface area contributed by atoms with Crippen molar-refractivity contribution in [3.63, 3.8) is 0 Å². The second-order valence-electron chi connectivity index (χ2n) is 7.92. The second-order valence-corrected chi connectivity index (χ2v) is 10.7. The van der Waals surface area contributed by atoms with Crippen LogP contribution in [0.3, 0.4) is 0 Å². The number of carbonyl (C=O) groups excluding carboxylic acids is 1. The lowest BCUT2D eigenvalue weighted by molar-refractivity contribution is -0.122. The lowest BCUT2D eigenvalue weighted by Gasteiger charge is -2.24. The number of nitrogens with one attached hydrogen (secondary N) is 1. The average Bonchev–Trinajstić information content (AvgIpc) is 2.80. The zero-order valence-corrected chi connectivity index (χ0v) is 20.9. The smallest absolute Gasteiger partial charge is 0.243 e. The highest BCUT2D eigenvalue weighted by Crippen LogP contribution is 2.25. The van der Waals surface area contributed by atoms with Crippen LogP contribution in [0.5, 0.6) is 0 Å². The maximum atomic E-state index is 14.4. The minimum Gasteiger partial charge on any atom is -0.352 e. The van der Waals surface area contributed by atoms with Crippen molar-refractivity contribution >= 4 is 39.1 Å². The third kappa shape index (κ3) is 7.03. The summed E-state index contributed by atoms with van der Waals surface area (Å²) < 4.78 is 42.0. The predicted octanol–water partition coefficient (Wildman–Crippen LogP) is 5.46. The number of hydrogen-bond donors (Lipinski definition) is 1. The Morgan fingerprint density at radius 3 is 2.32 bits per heavy atom. The topological polar surface area (TPSA) is 66.5 Å². The Kier molecular flexibility index (Phi) is 9.08. The van der Waals surface area contributed by atoms with Crippen molar-refractivity contribution in [3.8, 4) is 0 Å². The molecule has 0 heterocycles. The van der Waals surface area contributed by atoms with Crippen molar-refractivity contribution < 1.29 is 17.6 Å². The van der Waals surface area contributed by atoms with Gasteiger partial charge in [0.2, 0.25) is 15.9 Å². The van der Waals surface area contributed by atoms with Crippen LogP contribution in [0.1, 0.15) is 24.5 Å². The van der Waals surface area contributed by atoms with Gasteiger partial charge in [-0.1, -0.05) is 59.6 Å². The first-order chi connectivity index (χ1) is 16.2. The molecule has 3 aromatic rings. The highest BCUT2D eigenvalue weighted by molar-refractivity contribution is 7.89. The molecule has 0 saturated carbocycles. The zero-order valence-electron chi connectivity index (χ0n) is 18.5. The van der Waals surface area contributed by atoms with E-state index in [4.69, 9.17) is 23.2 Å². The Hall–Kier alpha value is -2.45. The Morgan fingerprint density at radius 1 is 1.00 bits per heavy atom.